The highest BCUT2D eigenvalue weighted by atomic mass is 16.3. The maximum Gasteiger partial charge on any atom is 0.254 e. The van der Waals surface area contributed by atoms with Gasteiger partial charge in [-0.3, -0.25) is 9.59 Å². The fourth-order valence-electron chi connectivity index (χ4n) is 4.21. The second kappa shape index (κ2) is 8.84. The fourth-order valence-corrected chi connectivity index (χ4v) is 4.21. The van der Waals surface area contributed by atoms with Crippen molar-refractivity contribution >= 4 is 17.6 Å². The van der Waals surface area contributed by atoms with Crippen molar-refractivity contribution in [3.05, 3.63) is 70.8 Å². The van der Waals surface area contributed by atoms with Gasteiger partial charge in [0.1, 0.15) is 17.1 Å². The van der Waals surface area contributed by atoms with Gasteiger partial charge >= 0.3 is 0 Å². The maximum absolute atomic E-state index is 12.4. The molecule has 166 valence electrons. The summed E-state index contributed by atoms with van der Waals surface area (Å²) in [6.07, 6.45) is 1.57. The lowest BCUT2D eigenvalue weighted by Gasteiger charge is -2.11. The third-order valence-electron chi connectivity index (χ3n) is 5.99. The molecule has 1 fully saturated rings. The molecule has 0 unspecified atom stereocenters. The summed E-state index contributed by atoms with van der Waals surface area (Å²) < 4.78 is 1.61. The van der Waals surface area contributed by atoms with E-state index in [1.165, 1.54) is 0 Å². The predicted molar refractivity (Wildman–Crippen MR) is 122 cm³/mol. The van der Waals surface area contributed by atoms with Crippen LogP contribution in [0.25, 0.3) is 11.3 Å². The first-order valence-electron chi connectivity index (χ1n) is 10.6. The van der Waals surface area contributed by atoms with Gasteiger partial charge in [-0.25, -0.2) is 4.68 Å². The monoisotopic (exact) mass is 433 g/mol. The second-order valence-electron chi connectivity index (χ2n) is 8.23. The molecular weight excluding hydrogens is 406 g/mol. The van der Waals surface area contributed by atoms with Gasteiger partial charge in [-0.15, -0.1) is 0 Å². The summed E-state index contributed by atoms with van der Waals surface area (Å²) in [5.74, 6) is -0.550. The molecule has 1 aromatic heterocycles. The number of aryl methyl sites for hydroxylation is 1. The van der Waals surface area contributed by atoms with Crippen molar-refractivity contribution in [1.29, 1.82) is 0 Å². The number of nitrogen functional groups attached to an aromatic ring is 1. The van der Waals surface area contributed by atoms with E-state index in [9.17, 15) is 14.7 Å². The molecule has 1 heterocycles. The number of aliphatic hydroxyl groups is 1. The smallest absolute Gasteiger partial charge is 0.254 e. The van der Waals surface area contributed by atoms with E-state index in [0.29, 0.717) is 36.2 Å². The Morgan fingerprint density at radius 3 is 2.50 bits per heavy atom. The van der Waals surface area contributed by atoms with Crippen LogP contribution in [0.5, 0.6) is 0 Å². The van der Waals surface area contributed by atoms with Crippen molar-refractivity contribution in [3.8, 4) is 11.3 Å². The van der Waals surface area contributed by atoms with Crippen molar-refractivity contribution in [2.45, 2.75) is 44.9 Å². The van der Waals surface area contributed by atoms with E-state index in [-0.39, 0.29) is 23.3 Å². The molecule has 2 aromatic carbocycles. The number of benzene rings is 2. The molecule has 8 heteroatoms. The van der Waals surface area contributed by atoms with Crippen LogP contribution in [0.1, 0.15) is 57.1 Å². The van der Waals surface area contributed by atoms with Gasteiger partial charge in [0.05, 0.1) is 12.1 Å². The minimum absolute atomic E-state index is 0.0622. The van der Waals surface area contributed by atoms with Gasteiger partial charge in [0, 0.05) is 17.7 Å². The van der Waals surface area contributed by atoms with Crippen molar-refractivity contribution in [1.82, 2.24) is 15.1 Å². The van der Waals surface area contributed by atoms with Crippen LogP contribution < -0.4 is 16.8 Å². The molecule has 6 N–H and O–H groups in total. The SMILES string of the molecule is Cc1ccccc1C(=O)NCc1ccc(-c2nn([C@H]3CC[C@H](O)C3)c(N)c2C(N)=O)cc1. The summed E-state index contributed by atoms with van der Waals surface area (Å²) in [6, 6.07) is 14.8. The molecule has 0 spiro atoms. The van der Waals surface area contributed by atoms with E-state index in [4.69, 9.17) is 11.5 Å². The second-order valence-corrected chi connectivity index (χ2v) is 8.23. The van der Waals surface area contributed by atoms with Gasteiger partial charge in [0.2, 0.25) is 0 Å². The third kappa shape index (κ3) is 4.22. The van der Waals surface area contributed by atoms with Crippen LogP contribution in [0.3, 0.4) is 0 Å². The summed E-state index contributed by atoms with van der Waals surface area (Å²) in [7, 11) is 0. The summed E-state index contributed by atoms with van der Waals surface area (Å²) in [5.41, 5.74) is 15.6. The fraction of sp³-hybridized carbons (Fsp3) is 0.292. The summed E-state index contributed by atoms with van der Waals surface area (Å²) >= 11 is 0. The Hall–Kier alpha value is -3.65. The topological polar surface area (TPSA) is 136 Å². The Balaban J connectivity index is 1.53. The highest BCUT2D eigenvalue weighted by Gasteiger charge is 2.30. The van der Waals surface area contributed by atoms with E-state index < -0.39 is 12.0 Å². The molecule has 2 atom stereocenters. The number of nitrogens with zero attached hydrogens (tertiary/aromatic N) is 2. The molecule has 0 aliphatic heterocycles. The summed E-state index contributed by atoms with van der Waals surface area (Å²) in [4.78, 5) is 24.5. The van der Waals surface area contributed by atoms with Gasteiger partial charge in [0.15, 0.2) is 0 Å². The zero-order chi connectivity index (χ0) is 22.8. The minimum atomic E-state index is -0.642. The molecule has 32 heavy (non-hydrogen) atoms. The number of rotatable bonds is 6. The predicted octanol–water partition coefficient (Wildman–Crippen LogP) is 2.56. The van der Waals surface area contributed by atoms with Gasteiger partial charge < -0.3 is 21.9 Å². The highest BCUT2D eigenvalue weighted by Crippen LogP contribution is 2.35. The molecule has 0 saturated heterocycles. The molecule has 8 nitrogen and oxygen atoms in total. The quantitative estimate of drug-likeness (QED) is 0.474. The molecule has 4 rings (SSSR count). The summed E-state index contributed by atoms with van der Waals surface area (Å²) in [5, 5.41) is 17.4. The zero-order valence-electron chi connectivity index (χ0n) is 17.9. The van der Waals surface area contributed by atoms with Crippen molar-refractivity contribution in [2.75, 3.05) is 5.73 Å². The molecule has 1 aliphatic rings. The number of carbonyl (C=O) groups excluding carboxylic acids is 2. The Morgan fingerprint density at radius 1 is 1.16 bits per heavy atom. The zero-order valence-corrected chi connectivity index (χ0v) is 17.9. The normalized spacial score (nSPS) is 17.9. The van der Waals surface area contributed by atoms with E-state index in [1.807, 2.05) is 49.4 Å². The standard InChI is InChI=1S/C24H27N5O3/c1-14-4-2-3-5-19(14)24(32)27-13-15-6-8-16(9-7-15)21-20(23(26)31)22(25)29(28-21)17-10-11-18(30)12-17/h2-9,17-18,30H,10-13,25H2,1H3,(H2,26,31)(H,27,32)/t17-,18-/m0/s1. The first-order valence-corrected chi connectivity index (χ1v) is 10.6. The van der Waals surface area contributed by atoms with Crippen molar-refractivity contribution in [2.24, 2.45) is 5.73 Å². The Kier molecular flexibility index (Phi) is 5.96. The number of nitrogens with one attached hydrogen (secondary N) is 1. The highest BCUT2D eigenvalue weighted by molar-refractivity contribution is 6.03. The van der Waals surface area contributed by atoms with Gasteiger partial charge in [-0.1, -0.05) is 42.5 Å². The lowest BCUT2D eigenvalue weighted by molar-refractivity contribution is 0.0949. The van der Waals surface area contributed by atoms with Gasteiger partial charge in [0.25, 0.3) is 11.8 Å². The van der Waals surface area contributed by atoms with Crippen molar-refractivity contribution in [3.63, 3.8) is 0 Å². The molecule has 0 bridgehead atoms. The summed E-state index contributed by atoms with van der Waals surface area (Å²) in [6.45, 7) is 2.27. The minimum Gasteiger partial charge on any atom is -0.393 e. The molecule has 0 radical (unpaired) electrons. The van der Waals surface area contributed by atoms with Crippen LogP contribution >= 0.6 is 0 Å². The van der Waals surface area contributed by atoms with Crippen LogP contribution in [-0.2, 0) is 6.54 Å². The van der Waals surface area contributed by atoms with E-state index in [1.54, 1.807) is 10.7 Å². The Bertz CT molecular complexity index is 1150. The number of carbonyl (C=O) groups is 2. The number of amides is 2. The number of hydrogen-bond donors (Lipinski definition) is 4. The van der Waals surface area contributed by atoms with E-state index in [2.05, 4.69) is 10.4 Å². The number of primary amides is 1. The Morgan fingerprint density at radius 2 is 1.88 bits per heavy atom. The first kappa shape index (κ1) is 21.6. The first-order chi connectivity index (χ1) is 15.3. The van der Waals surface area contributed by atoms with Crippen LogP contribution in [0.15, 0.2) is 48.5 Å². The van der Waals surface area contributed by atoms with Crippen LogP contribution in [0, 0.1) is 6.92 Å². The molecule has 1 aliphatic carbocycles. The van der Waals surface area contributed by atoms with Gasteiger partial charge in [-0.05, 0) is 43.4 Å². The molecular formula is C24H27N5O3. The number of nitrogens with two attached hydrogens (primary N) is 2. The number of aliphatic hydroxyl groups excluding tert-OH is 1. The maximum atomic E-state index is 12.4. The van der Waals surface area contributed by atoms with Crippen LogP contribution in [0.2, 0.25) is 0 Å². The van der Waals surface area contributed by atoms with Crippen LogP contribution in [-0.4, -0.2) is 32.8 Å². The largest absolute Gasteiger partial charge is 0.393 e. The van der Waals surface area contributed by atoms with E-state index in [0.717, 1.165) is 17.5 Å². The number of aromatic nitrogens is 2. The molecule has 1 saturated carbocycles. The average Bonchev–Trinajstić information content (AvgIpc) is 3.35. The number of hydrogen-bond acceptors (Lipinski definition) is 5. The van der Waals surface area contributed by atoms with E-state index >= 15 is 0 Å². The average molecular weight is 434 g/mol. The van der Waals surface area contributed by atoms with Gasteiger partial charge in [-0.2, -0.15) is 5.10 Å². The van der Waals surface area contributed by atoms with Crippen LogP contribution in [0.4, 0.5) is 5.82 Å². The Labute approximate surface area is 186 Å². The molecule has 3 aromatic rings. The lowest BCUT2D eigenvalue weighted by atomic mass is 10.0. The molecule has 2 amide bonds. The lowest BCUT2D eigenvalue weighted by Crippen LogP contribution is -2.23. The van der Waals surface area contributed by atoms with Crippen molar-refractivity contribution < 1.29 is 14.7 Å². The third-order valence-corrected chi connectivity index (χ3v) is 5.99. The number of anilines is 1.